The van der Waals surface area contributed by atoms with Crippen molar-refractivity contribution < 1.29 is 27.0 Å². The van der Waals surface area contributed by atoms with E-state index < -0.39 is 12.2 Å². The average molecular weight is 432 g/mol. The summed E-state index contributed by atoms with van der Waals surface area (Å²) in [7, 11) is 1.48. The molecule has 0 radical (unpaired) electrons. The van der Waals surface area contributed by atoms with Gasteiger partial charge in [0.25, 0.3) is 0 Å². The summed E-state index contributed by atoms with van der Waals surface area (Å²) in [6, 6.07) is 14.6. The number of aromatic nitrogens is 2. The van der Waals surface area contributed by atoms with Crippen molar-refractivity contribution in [3.05, 3.63) is 82.5 Å². The zero-order valence-corrected chi connectivity index (χ0v) is 16.2. The summed E-state index contributed by atoms with van der Waals surface area (Å²) in [5.74, 6) is -0.264. The quantitative estimate of drug-likeness (QED) is 0.447. The number of hydrogen-bond donors (Lipinski definition) is 1. The highest BCUT2D eigenvalue weighted by Gasteiger charge is 2.30. The van der Waals surface area contributed by atoms with Crippen molar-refractivity contribution in [1.29, 1.82) is 0 Å². The molecule has 3 aromatic carbocycles. The maximum Gasteiger partial charge on any atom is 0.573 e. The number of halogens is 4. The second-order valence-electron chi connectivity index (χ2n) is 6.78. The molecule has 0 saturated heterocycles. The summed E-state index contributed by atoms with van der Waals surface area (Å²) >= 11 is 0. The van der Waals surface area contributed by atoms with Crippen molar-refractivity contribution in [2.45, 2.75) is 12.9 Å². The highest BCUT2D eigenvalue weighted by atomic mass is 19.4. The molecule has 160 valence electrons. The molecule has 0 aliphatic rings. The number of nitrogens with one attached hydrogen (secondary N) is 1. The van der Waals surface area contributed by atoms with E-state index in [2.05, 4.69) is 9.72 Å². The maximum absolute atomic E-state index is 13.7. The Hall–Kier alpha value is -3.75. The second kappa shape index (κ2) is 7.82. The van der Waals surface area contributed by atoms with Gasteiger partial charge in [-0.05, 0) is 53.6 Å². The molecule has 0 atom stereocenters. The predicted octanol–water partition coefficient (Wildman–Crippen LogP) is 5.09. The van der Waals surface area contributed by atoms with E-state index >= 15 is 0 Å². The average Bonchev–Trinajstić information content (AvgIpc) is 3.02. The summed E-state index contributed by atoms with van der Waals surface area (Å²) in [6.07, 6.45) is -4.77. The third-order valence-corrected chi connectivity index (χ3v) is 4.74. The molecule has 31 heavy (non-hydrogen) atoms. The first-order valence-corrected chi connectivity index (χ1v) is 9.15. The molecule has 0 unspecified atom stereocenters. The van der Waals surface area contributed by atoms with Crippen molar-refractivity contribution in [2.24, 2.45) is 0 Å². The standard InChI is InChI=1S/C22H16F4N2O3/c1-30-20-9-5-15(23)11-17(20)14-4-8-19-18(10-14)27-21(29)28(19)12-13-2-6-16(7-3-13)31-22(24,25)26/h2-11H,12H2,1H3,(H,27,29). The van der Waals surface area contributed by atoms with Crippen molar-refractivity contribution in [1.82, 2.24) is 9.55 Å². The van der Waals surface area contributed by atoms with Crippen LogP contribution in [0.5, 0.6) is 11.5 Å². The van der Waals surface area contributed by atoms with E-state index in [9.17, 15) is 22.4 Å². The monoisotopic (exact) mass is 432 g/mol. The van der Waals surface area contributed by atoms with Crippen molar-refractivity contribution >= 4 is 11.0 Å². The Balaban J connectivity index is 1.66. The van der Waals surface area contributed by atoms with Crippen LogP contribution >= 0.6 is 0 Å². The Morgan fingerprint density at radius 3 is 2.42 bits per heavy atom. The van der Waals surface area contributed by atoms with Gasteiger partial charge in [-0.2, -0.15) is 0 Å². The van der Waals surface area contributed by atoms with Crippen molar-refractivity contribution in [3.63, 3.8) is 0 Å². The van der Waals surface area contributed by atoms with E-state index in [0.717, 1.165) is 0 Å². The molecule has 1 aromatic heterocycles. The molecule has 4 aromatic rings. The number of benzene rings is 3. The maximum atomic E-state index is 13.7. The molecular formula is C22H16F4N2O3. The van der Waals surface area contributed by atoms with E-state index in [1.54, 1.807) is 18.2 Å². The van der Waals surface area contributed by atoms with Gasteiger partial charge in [0.15, 0.2) is 0 Å². The summed E-state index contributed by atoms with van der Waals surface area (Å²) in [4.78, 5) is 15.2. The third-order valence-electron chi connectivity index (χ3n) is 4.74. The molecular weight excluding hydrogens is 416 g/mol. The number of H-pyrrole nitrogens is 1. The van der Waals surface area contributed by atoms with Crippen LogP contribution in [0.1, 0.15) is 5.56 Å². The van der Waals surface area contributed by atoms with Gasteiger partial charge in [0.1, 0.15) is 17.3 Å². The van der Waals surface area contributed by atoms with E-state index in [1.807, 2.05) is 0 Å². The molecule has 0 spiro atoms. The van der Waals surface area contributed by atoms with Gasteiger partial charge < -0.3 is 14.5 Å². The topological polar surface area (TPSA) is 56.2 Å². The Morgan fingerprint density at radius 2 is 1.74 bits per heavy atom. The van der Waals surface area contributed by atoms with E-state index in [-0.39, 0.29) is 18.0 Å². The molecule has 4 rings (SSSR count). The number of fused-ring (bicyclic) bond motifs is 1. The number of methoxy groups -OCH3 is 1. The molecule has 0 aliphatic heterocycles. The first kappa shape index (κ1) is 20.5. The molecule has 5 nitrogen and oxygen atoms in total. The number of nitrogens with zero attached hydrogens (tertiary/aromatic N) is 1. The fourth-order valence-electron chi connectivity index (χ4n) is 3.37. The van der Waals surface area contributed by atoms with Gasteiger partial charge in [-0.3, -0.25) is 4.57 Å². The van der Waals surface area contributed by atoms with Gasteiger partial charge in [0.2, 0.25) is 0 Å². The van der Waals surface area contributed by atoms with Crippen LogP contribution in [-0.2, 0) is 6.54 Å². The lowest BCUT2D eigenvalue weighted by Crippen LogP contribution is -2.18. The highest BCUT2D eigenvalue weighted by Crippen LogP contribution is 2.32. The molecule has 0 amide bonds. The van der Waals surface area contributed by atoms with Crippen LogP contribution < -0.4 is 15.2 Å². The fraction of sp³-hybridized carbons (Fsp3) is 0.136. The minimum Gasteiger partial charge on any atom is -0.496 e. The molecule has 1 N–H and O–H groups in total. The lowest BCUT2D eigenvalue weighted by Gasteiger charge is -2.10. The van der Waals surface area contributed by atoms with Crippen LogP contribution in [0.3, 0.4) is 0 Å². The van der Waals surface area contributed by atoms with Crippen LogP contribution in [-0.4, -0.2) is 23.0 Å². The van der Waals surface area contributed by atoms with E-state index in [0.29, 0.717) is 33.5 Å². The summed E-state index contributed by atoms with van der Waals surface area (Å²) in [5, 5.41) is 0. The van der Waals surface area contributed by atoms with Crippen molar-refractivity contribution in [3.8, 4) is 22.6 Å². The van der Waals surface area contributed by atoms with Gasteiger partial charge in [-0.15, -0.1) is 13.2 Å². The number of rotatable bonds is 5. The Kier molecular flexibility index (Phi) is 5.18. The SMILES string of the molecule is COc1ccc(F)cc1-c1ccc2c(c1)[nH]c(=O)n2Cc1ccc(OC(F)(F)F)cc1. The zero-order chi connectivity index (χ0) is 22.2. The van der Waals surface area contributed by atoms with Crippen LogP contribution in [0.25, 0.3) is 22.2 Å². The highest BCUT2D eigenvalue weighted by molar-refractivity contribution is 5.83. The number of ether oxygens (including phenoxy) is 2. The number of alkyl halides is 3. The van der Waals surface area contributed by atoms with Crippen LogP contribution in [0.15, 0.2) is 65.5 Å². The lowest BCUT2D eigenvalue weighted by atomic mass is 10.0. The number of imidazole rings is 1. The molecule has 9 heteroatoms. The smallest absolute Gasteiger partial charge is 0.496 e. The van der Waals surface area contributed by atoms with Crippen LogP contribution in [0, 0.1) is 5.82 Å². The van der Waals surface area contributed by atoms with Gasteiger partial charge in [-0.25, -0.2) is 9.18 Å². The molecule has 0 aliphatic carbocycles. The predicted molar refractivity (Wildman–Crippen MR) is 107 cm³/mol. The zero-order valence-electron chi connectivity index (χ0n) is 16.2. The Bertz CT molecular complexity index is 1290. The van der Waals surface area contributed by atoms with Crippen molar-refractivity contribution in [2.75, 3.05) is 7.11 Å². The molecule has 1 heterocycles. The summed E-state index contributed by atoms with van der Waals surface area (Å²) in [6.45, 7) is 0.147. The Labute approximate surface area is 173 Å². The normalized spacial score (nSPS) is 11.6. The minimum atomic E-state index is -4.77. The Morgan fingerprint density at radius 1 is 1.00 bits per heavy atom. The first-order valence-electron chi connectivity index (χ1n) is 9.15. The second-order valence-corrected chi connectivity index (χ2v) is 6.78. The number of aromatic amines is 1. The molecule has 0 saturated carbocycles. The van der Waals surface area contributed by atoms with Gasteiger partial charge >= 0.3 is 12.1 Å². The van der Waals surface area contributed by atoms with Gasteiger partial charge in [-0.1, -0.05) is 18.2 Å². The minimum absolute atomic E-state index is 0.147. The largest absolute Gasteiger partial charge is 0.573 e. The fourth-order valence-corrected chi connectivity index (χ4v) is 3.37. The van der Waals surface area contributed by atoms with Gasteiger partial charge in [0.05, 0.1) is 24.7 Å². The number of hydrogen-bond acceptors (Lipinski definition) is 3. The lowest BCUT2D eigenvalue weighted by molar-refractivity contribution is -0.274. The van der Waals surface area contributed by atoms with Crippen LogP contribution in [0.2, 0.25) is 0 Å². The summed E-state index contributed by atoms with van der Waals surface area (Å²) in [5.41, 5.74) is 2.57. The molecule has 0 bridgehead atoms. The van der Waals surface area contributed by atoms with E-state index in [4.69, 9.17) is 4.74 Å². The van der Waals surface area contributed by atoms with Crippen LogP contribution in [0.4, 0.5) is 17.6 Å². The van der Waals surface area contributed by atoms with E-state index in [1.165, 1.54) is 54.1 Å². The summed E-state index contributed by atoms with van der Waals surface area (Å²) < 4.78 is 61.2. The first-order chi connectivity index (χ1) is 14.7. The molecule has 0 fully saturated rings. The van der Waals surface area contributed by atoms with Gasteiger partial charge in [0, 0.05) is 5.56 Å². The third kappa shape index (κ3) is 4.40.